The van der Waals surface area contributed by atoms with Gasteiger partial charge in [0.15, 0.2) is 11.2 Å². The minimum absolute atomic E-state index is 0.102. The molecule has 0 bridgehead atoms. The number of carbonyl (C=O) groups is 1. The summed E-state index contributed by atoms with van der Waals surface area (Å²) in [7, 11) is 0. The van der Waals surface area contributed by atoms with E-state index in [0.29, 0.717) is 34.1 Å². The second kappa shape index (κ2) is 7.45. The van der Waals surface area contributed by atoms with Crippen molar-refractivity contribution in [3.63, 3.8) is 0 Å². The van der Waals surface area contributed by atoms with Gasteiger partial charge in [-0.25, -0.2) is 9.97 Å². The number of nitrogens with zero attached hydrogens (tertiary/aromatic N) is 3. The van der Waals surface area contributed by atoms with Crippen molar-refractivity contribution >= 4 is 23.0 Å². The van der Waals surface area contributed by atoms with E-state index in [1.807, 2.05) is 18.2 Å². The van der Waals surface area contributed by atoms with Crippen molar-refractivity contribution in [1.29, 1.82) is 0 Å². The topological polar surface area (TPSA) is 127 Å². The summed E-state index contributed by atoms with van der Waals surface area (Å²) in [5.74, 6) is 0.409. The van der Waals surface area contributed by atoms with Crippen LogP contribution in [0.2, 0.25) is 0 Å². The Morgan fingerprint density at radius 2 is 1.96 bits per heavy atom. The fourth-order valence-corrected chi connectivity index (χ4v) is 2.77. The van der Waals surface area contributed by atoms with Crippen LogP contribution in [0.3, 0.4) is 0 Å². The number of anilines is 1. The van der Waals surface area contributed by atoms with E-state index in [0.717, 1.165) is 11.1 Å². The van der Waals surface area contributed by atoms with Gasteiger partial charge in [-0.15, -0.1) is 0 Å². The van der Waals surface area contributed by atoms with Crippen molar-refractivity contribution in [2.24, 2.45) is 0 Å². The van der Waals surface area contributed by atoms with Gasteiger partial charge < -0.3 is 20.6 Å². The van der Waals surface area contributed by atoms with E-state index < -0.39 is 0 Å². The number of rotatable bonds is 5. The monoisotopic (exact) mass is 375 g/mol. The van der Waals surface area contributed by atoms with Crippen LogP contribution in [0.4, 0.5) is 5.82 Å². The molecular formula is C20H17N5O3. The van der Waals surface area contributed by atoms with Gasteiger partial charge in [0.05, 0.1) is 12.2 Å². The Labute approximate surface area is 160 Å². The highest BCUT2D eigenvalue weighted by Gasteiger charge is 2.14. The van der Waals surface area contributed by atoms with Crippen LogP contribution in [-0.4, -0.2) is 39.1 Å². The van der Waals surface area contributed by atoms with Crippen molar-refractivity contribution in [3.8, 4) is 22.6 Å². The minimum atomic E-state index is -0.240. The lowest BCUT2D eigenvalue weighted by molar-refractivity contribution is 0.0945. The number of benzene rings is 1. The maximum absolute atomic E-state index is 11.9. The summed E-state index contributed by atoms with van der Waals surface area (Å²) >= 11 is 0. The summed E-state index contributed by atoms with van der Waals surface area (Å²) in [6, 6.07) is 12.5. The molecule has 3 aromatic heterocycles. The molecule has 1 amide bonds. The van der Waals surface area contributed by atoms with Crippen molar-refractivity contribution in [2.45, 2.75) is 0 Å². The normalized spacial score (nSPS) is 10.9. The molecule has 0 fully saturated rings. The molecule has 0 aliphatic carbocycles. The van der Waals surface area contributed by atoms with Gasteiger partial charge in [-0.1, -0.05) is 12.1 Å². The summed E-state index contributed by atoms with van der Waals surface area (Å²) in [6.45, 7) is 0.111. The lowest BCUT2D eigenvalue weighted by Gasteiger charge is -2.07. The molecule has 4 aromatic rings. The molecule has 1 aromatic carbocycles. The van der Waals surface area contributed by atoms with E-state index in [9.17, 15) is 4.79 Å². The predicted molar refractivity (Wildman–Crippen MR) is 104 cm³/mol. The number of pyridine rings is 2. The molecule has 0 aliphatic heterocycles. The zero-order valence-corrected chi connectivity index (χ0v) is 14.8. The first kappa shape index (κ1) is 17.6. The number of hydrogen-bond donors (Lipinski definition) is 3. The number of oxazole rings is 1. The molecule has 4 N–H and O–H groups in total. The highest BCUT2D eigenvalue weighted by Crippen LogP contribution is 2.30. The van der Waals surface area contributed by atoms with Crippen molar-refractivity contribution in [2.75, 3.05) is 18.9 Å². The van der Waals surface area contributed by atoms with Gasteiger partial charge in [-0.05, 0) is 35.9 Å². The third kappa shape index (κ3) is 3.40. The molecule has 0 radical (unpaired) electrons. The maximum Gasteiger partial charge on any atom is 0.251 e. The molecule has 8 nitrogen and oxygen atoms in total. The summed E-state index contributed by atoms with van der Waals surface area (Å²) < 4.78 is 5.75. The number of nitrogens with one attached hydrogen (secondary N) is 1. The average Bonchev–Trinajstić information content (AvgIpc) is 3.16. The Bertz CT molecular complexity index is 1110. The van der Waals surface area contributed by atoms with E-state index >= 15 is 0 Å². The van der Waals surface area contributed by atoms with Crippen LogP contribution < -0.4 is 11.1 Å². The minimum Gasteiger partial charge on any atom is -0.434 e. The van der Waals surface area contributed by atoms with Gasteiger partial charge in [0.1, 0.15) is 5.82 Å². The number of aromatic nitrogens is 3. The first-order chi connectivity index (χ1) is 13.7. The Hall–Kier alpha value is -3.78. The third-order valence-corrected chi connectivity index (χ3v) is 4.19. The molecule has 8 heteroatoms. The molecule has 140 valence electrons. The molecule has 28 heavy (non-hydrogen) atoms. The second-order valence-corrected chi connectivity index (χ2v) is 6.06. The fraction of sp³-hybridized carbons (Fsp3) is 0.100. The first-order valence-electron chi connectivity index (χ1n) is 8.62. The number of aliphatic hydroxyl groups excluding tert-OH is 1. The quantitative estimate of drug-likeness (QED) is 0.488. The molecule has 0 saturated carbocycles. The number of fused-ring (bicyclic) bond motifs is 1. The van der Waals surface area contributed by atoms with Gasteiger partial charge in [0.25, 0.3) is 5.91 Å². The zero-order valence-electron chi connectivity index (χ0n) is 14.8. The lowest BCUT2D eigenvalue weighted by Crippen LogP contribution is -2.26. The van der Waals surface area contributed by atoms with E-state index in [2.05, 4.69) is 20.3 Å². The molecule has 0 aliphatic rings. The van der Waals surface area contributed by atoms with Crippen molar-refractivity contribution < 1.29 is 14.3 Å². The Balaban J connectivity index is 1.66. The van der Waals surface area contributed by atoms with Crippen molar-refractivity contribution in [3.05, 3.63) is 60.4 Å². The Morgan fingerprint density at radius 1 is 1.14 bits per heavy atom. The van der Waals surface area contributed by atoms with Gasteiger partial charge in [0, 0.05) is 30.1 Å². The lowest BCUT2D eigenvalue weighted by atomic mass is 10.0. The van der Waals surface area contributed by atoms with Gasteiger partial charge >= 0.3 is 0 Å². The standard InChI is InChI=1S/C20H17N5O3/c21-17-15(20-25-18-16(28-20)2-1-7-22-18)10-14(11-24-17)12-3-5-13(6-4-12)19(27)23-8-9-26/h1-7,10-11,26H,8-9H2,(H2,21,24)(H,23,27). The first-order valence-corrected chi connectivity index (χ1v) is 8.62. The highest BCUT2D eigenvalue weighted by atomic mass is 16.3. The van der Waals surface area contributed by atoms with Crippen LogP contribution in [0.25, 0.3) is 33.8 Å². The zero-order chi connectivity index (χ0) is 19.5. The van der Waals surface area contributed by atoms with E-state index in [1.54, 1.807) is 36.7 Å². The molecular weight excluding hydrogens is 358 g/mol. The van der Waals surface area contributed by atoms with E-state index in [-0.39, 0.29) is 19.1 Å². The fourth-order valence-electron chi connectivity index (χ4n) is 2.77. The Kier molecular flexibility index (Phi) is 4.69. The predicted octanol–water partition coefficient (Wildman–Crippen LogP) is 2.26. The smallest absolute Gasteiger partial charge is 0.251 e. The van der Waals surface area contributed by atoms with Crippen LogP contribution >= 0.6 is 0 Å². The van der Waals surface area contributed by atoms with Crippen LogP contribution in [0.5, 0.6) is 0 Å². The maximum atomic E-state index is 11.9. The number of aliphatic hydroxyl groups is 1. The third-order valence-electron chi connectivity index (χ3n) is 4.19. The molecule has 0 atom stereocenters. The SMILES string of the molecule is Nc1ncc(-c2ccc(C(=O)NCCO)cc2)cc1-c1nc2ncccc2o1. The second-order valence-electron chi connectivity index (χ2n) is 6.06. The summed E-state index contributed by atoms with van der Waals surface area (Å²) in [5, 5.41) is 11.4. The average molecular weight is 375 g/mol. The number of hydrogen-bond acceptors (Lipinski definition) is 7. The van der Waals surface area contributed by atoms with Gasteiger partial charge in [0.2, 0.25) is 5.89 Å². The number of amides is 1. The van der Waals surface area contributed by atoms with Crippen LogP contribution in [-0.2, 0) is 0 Å². The summed E-state index contributed by atoms with van der Waals surface area (Å²) in [4.78, 5) is 24.7. The summed E-state index contributed by atoms with van der Waals surface area (Å²) in [6.07, 6.45) is 3.30. The molecule has 0 spiro atoms. The van der Waals surface area contributed by atoms with E-state index in [4.69, 9.17) is 15.3 Å². The Morgan fingerprint density at radius 3 is 2.71 bits per heavy atom. The van der Waals surface area contributed by atoms with Crippen LogP contribution in [0.1, 0.15) is 10.4 Å². The molecule has 3 heterocycles. The molecule has 0 saturated heterocycles. The number of carbonyl (C=O) groups excluding carboxylic acids is 1. The van der Waals surface area contributed by atoms with Crippen LogP contribution in [0, 0.1) is 0 Å². The van der Waals surface area contributed by atoms with Crippen LogP contribution in [0.15, 0.2) is 59.3 Å². The highest BCUT2D eigenvalue weighted by molar-refractivity contribution is 5.94. The van der Waals surface area contributed by atoms with Gasteiger partial charge in [-0.3, -0.25) is 4.79 Å². The molecule has 0 unspecified atom stereocenters. The van der Waals surface area contributed by atoms with Crippen molar-refractivity contribution in [1.82, 2.24) is 20.3 Å². The van der Waals surface area contributed by atoms with Gasteiger partial charge in [-0.2, -0.15) is 4.98 Å². The largest absolute Gasteiger partial charge is 0.434 e. The summed E-state index contributed by atoms with van der Waals surface area (Å²) in [5.41, 5.74) is 9.84. The van der Waals surface area contributed by atoms with E-state index in [1.165, 1.54) is 0 Å². The number of nitrogen functional groups attached to an aromatic ring is 1. The molecule has 4 rings (SSSR count). The number of nitrogens with two attached hydrogens (primary N) is 1.